The van der Waals surface area contributed by atoms with Crippen LogP contribution in [0.4, 0.5) is 0 Å². The zero-order valence-corrected chi connectivity index (χ0v) is 14.3. The number of likely N-dealkylation sites (N-methyl/N-ethyl adjacent to an activating group) is 1. The molecule has 1 unspecified atom stereocenters. The molecule has 2 N–H and O–H groups in total. The van der Waals surface area contributed by atoms with Gasteiger partial charge < -0.3 is 15.5 Å². The summed E-state index contributed by atoms with van der Waals surface area (Å²) < 4.78 is 28.3. The second kappa shape index (κ2) is 7.22. The zero-order valence-electron chi connectivity index (χ0n) is 13.4. The van der Waals surface area contributed by atoms with E-state index in [1.165, 1.54) is 4.31 Å². The second-order valence-corrected chi connectivity index (χ2v) is 8.10. The summed E-state index contributed by atoms with van der Waals surface area (Å²) >= 11 is 0. The van der Waals surface area contributed by atoms with Gasteiger partial charge >= 0.3 is 0 Å². The van der Waals surface area contributed by atoms with Crippen molar-refractivity contribution in [2.24, 2.45) is 5.73 Å². The Morgan fingerprint density at radius 2 is 1.45 bits per heavy atom. The molecule has 0 aliphatic carbocycles. The van der Waals surface area contributed by atoms with Crippen molar-refractivity contribution in [2.45, 2.75) is 19.4 Å². The van der Waals surface area contributed by atoms with Crippen molar-refractivity contribution in [1.29, 1.82) is 0 Å². The Morgan fingerprint density at radius 1 is 1.00 bits per heavy atom. The minimum atomic E-state index is -3.40. The molecule has 1 amide bonds. The van der Waals surface area contributed by atoms with Crippen LogP contribution in [0.15, 0.2) is 0 Å². The largest absolute Gasteiger partial charge is 0.340 e. The van der Waals surface area contributed by atoms with E-state index < -0.39 is 10.2 Å². The number of hydrogen-bond donors (Lipinski definition) is 1. The third-order valence-electron chi connectivity index (χ3n) is 4.20. The highest BCUT2D eigenvalue weighted by Crippen LogP contribution is 2.15. The van der Waals surface area contributed by atoms with Crippen LogP contribution in [0.25, 0.3) is 0 Å². The maximum Gasteiger partial charge on any atom is 0.282 e. The quantitative estimate of drug-likeness (QED) is 0.666. The van der Waals surface area contributed by atoms with E-state index in [4.69, 9.17) is 5.73 Å². The van der Waals surface area contributed by atoms with E-state index in [0.717, 1.165) is 13.1 Å². The molecular formula is C13H27N5O3S. The van der Waals surface area contributed by atoms with E-state index in [2.05, 4.69) is 4.90 Å². The SMILES string of the molecule is CC(N)CC(=O)N1CCN(S(=O)(=O)N2CCN(C)CC2)CC1. The number of rotatable bonds is 4. The summed E-state index contributed by atoms with van der Waals surface area (Å²) in [6, 6.07) is -0.167. The third kappa shape index (κ3) is 4.17. The molecule has 128 valence electrons. The molecule has 0 radical (unpaired) electrons. The maximum atomic E-state index is 12.6. The normalized spacial score (nSPS) is 24.4. The van der Waals surface area contributed by atoms with Gasteiger partial charge in [-0.05, 0) is 14.0 Å². The predicted molar refractivity (Wildman–Crippen MR) is 84.4 cm³/mol. The van der Waals surface area contributed by atoms with Crippen molar-refractivity contribution >= 4 is 16.1 Å². The number of nitrogens with two attached hydrogens (primary N) is 1. The number of amides is 1. The van der Waals surface area contributed by atoms with Crippen molar-refractivity contribution < 1.29 is 13.2 Å². The Hall–Kier alpha value is -0.740. The molecular weight excluding hydrogens is 306 g/mol. The zero-order chi connectivity index (χ0) is 16.3. The van der Waals surface area contributed by atoms with E-state index in [-0.39, 0.29) is 11.9 Å². The average Bonchev–Trinajstić information content (AvgIpc) is 2.47. The lowest BCUT2D eigenvalue weighted by Crippen LogP contribution is -2.57. The summed E-state index contributed by atoms with van der Waals surface area (Å²) in [6.07, 6.45) is 0.311. The molecule has 2 heterocycles. The molecule has 0 aromatic heterocycles. The van der Waals surface area contributed by atoms with Gasteiger partial charge in [0.25, 0.3) is 10.2 Å². The van der Waals surface area contributed by atoms with Crippen molar-refractivity contribution in [2.75, 3.05) is 59.4 Å². The Bertz CT molecular complexity index is 480. The van der Waals surface area contributed by atoms with Gasteiger partial charge in [0.1, 0.15) is 0 Å². The molecule has 2 rings (SSSR count). The molecule has 0 aromatic carbocycles. The van der Waals surface area contributed by atoms with Crippen LogP contribution in [-0.2, 0) is 15.0 Å². The van der Waals surface area contributed by atoms with Gasteiger partial charge in [0.05, 0.1) is 0 Å². The van der Waals surface area contributed by atoms with E-state index in [1.54, 1.807) is 16.1 Å². The summed E-state index contributed by atoms with van der Waals surface area (Å²) in [5.74, 6) is 0.00615. The highest BCUT2D eigenvalue weighted by atomic mass is 32.2. The van der Waals surface area contributed by atoms with Crippen molar-refractivity contribution in [3.63, 3.8) is 0 Å². The van der Waals surface area contributed by atoms with Gasteiger partial charge in [-0.2, -0.15) is 17.0 Å². The van der Waals surface area contributed by atoms with E-state index in [9.17, 15) is 13.2 Å². The first-order valence-electron chi connectivity index (χ1n) is 7.78. The van der Waals surface area contributed by atoms with Gasteiger partial charge in [-0.1, -0.05) is 0 Å². The van der Waals surface area contributed by atoms with Crippen LogP contribution in [0.3, 0.4) is 0 Å². The average molecular weight is 333 g/mol. The minimum absolute atomic E-state index is 0.00615. The number of nitrogens with zero attached hydrogens (tertiary/aromatic N) is 4. The van der Waals surface area contributed by atoms with Gasteiger partial charge in [-0.25, -0.2) is 0 Å². The Kier molecular flexibility index (Phi) is 5.78. The smallest absolute Gasteiger partial charge is 0.282 e. The van der Waals surface area contributed by atoms with Crippen molar-refractivity contribution in [3.8, 4) is 0 Å². The third-order valence-corrected chi connectivity index (χ3v) is 6.24. The van der Waals surface area contributed by atoms with Crippen LogP contribution < -0.4 is 5.73 Å². The first-order valence-corrected chi connectivity index (χ1v) is 9.17. The van der Waals surface area contributed by atoms with Crippen LogP contribution in [0.5, 0.6) is 0 Å². The number of carbonyl (C=O) groups is 1. The van der Waals surface area contributed by atoms with E-state index in [0.29, 0.717) is 45.7 Å². The molecule has 0 bridgehead atoms. The monoisotopic (exact) mass is 333 g/mol. The van der Waals surface area contributed by atoms with Gasteiger partial charge in [0.15, 0.2) is 0 Å². The number of hydrogen-bond acceptors (Lipinski definition) is 5. The van der Waals surface area contributed by atoms with Crippen LogP contribution in [0, 0.1) is 0 Å². The lowest BCUT2D eigenvalue weighted by atomic mass is 10.2. The topological polar surface area (TPSA) is 90.2 Å². The van der Waals surface area contributed by atoms with Gasteiger partial charge in [-0.15, -0.1) is 0 Å². The Labute approximate surface area is 133 Å². The molecule has 2 saturated heterocycles. The van der Waals surface area contributed by atoms with Crippen molar-refractivity contribution in [3.05, 3.63) is 0 Å². The number of carbonyl (C=O) groups excluding carboxylic acids is 1. The fraction of sp³-hybridized carbons (Fsp3) is 0.923. The highest BCUT2D eigenvalue weighted by Gasteiger charge is 2.34. The minimum Gasteiger partial charge on any atom is -0.340 e. The highest BCUT2D eigenvalue weighted by molar-refractivity contribution is 7.86. The summed E-state index contributed by atoms with van der Waals surface area (Å²) in [4.78, 5) is 15.8. The van der Waals surface area contributed by atoms with Gasteiger partial charge in [0.2, 0.25) is 5.91 Å². The first kappa shape index (κ1) is 17.6. The standard InChI is InChI=1S/C13H27N5O3S/c1-12(14)11-13(19)16-5-9-18(10-6-16)22(20,21)17-7-3-15(2)4-8-17/h12H,3-11,14H2,1-2H3. The fourth-order valence-electron chi connectivity index (χ4n) is 2.75. The fourth-order valence-corrected chi connectivity index (χ4v) is 4.33. The summed E-state index contributed by atoms with van der Waals surface area (Å²) in [7, 11) is -1.41. The molecule has 0 aromatic rings. The summed E-state index contributed by atoms with van der Waals surface area (Å²) in [5.41, 5.74) is 5.64. The van der Waals surface area contributed by atoms with Crippen LogP contribution in [0.1, 0.15) is 13.3 Å². The predicted octanol–water partition coefficient (Wildman–Crippen LogP) is -1.64. The second-order valence-electron chi connectivity index (χ2n) is 6.17. The van der Waals surface area contributed by atoms with Crippen LogP contribution in [0.2, 0.25) is 0 Å². The lowest BCUT2D eigenvalue weighted by molar-refractivity contribution is -0.132. The number of piperazine rings is 2. The van der Waals surface area contributed by atoms with E-state index >= 15 is 0 Å². The van der Waals surface area contributed by atoms with Gasteiger partial charge in [0, 0.05) is 64.8 Å². The summed E-state index contributed by atoms with van der Waals surface area (Å²) in [5, 5.41) is 0. The molecule has 2 aliphatic heterocycles. The Morgan fingerprint density at radius 3 is 1.91 bits per heavy atom. The lowest BCUT2D eigenvalue weighted by Gasteiger charge is -2.39. The van der Waals surface area contributed by atoms with E-state index in [1.807, 2.05) is 7.05 Å². The first-order chi connectivity index (χ1) is 10.3. The molecule has 0 saturated carbocycles. The van der Waals surface area contributed by atoms with Crippen LogP contribution in [-0.4, -0.2) is 98.2 Å². The molecule has 1 atom stereocenters. The Balaban J connectivity index is 1.89. The molecule has 0 spiro atoms. The van der Waals surface area contributed by atoms with Gasteiger partial charge in [-0.3, -0.25) is 4.79 Å². The van der Waals surface area contributed by atoms with Crippen LogP contribution >= 0.6 is 0 Å². The summed E-state index contributed by atoms with van der Waals surface area (Å²) in [6.45, 7) is 5.98. The molecule has 2 fully saturated rings. The molecule has 2 aliphatic rings. The maximum absolute atomic E-state index is 12.6. The molecule has 9 heteroatoms. The molecule has 22 heavy (non-hydrogen) atoms. The van der Waals surface area contributed by atoms with Crippen molar-refractivity contribution in [1.82, 2.24) is 18.4 Å². The molecule has 8 nitrogen and oxygen atoms in total.